The van der Waals surface area contributed by atoms with E-state index in [9.17, 15) is 13.2 Å². The van der Waals surface area contributed by atoms with E-state index in [2.05, 4.69) is 19.9 Å². The number of nitrogens with zero attached hydrogens (tertiary/aromatic N) is 2. The van der Waals surface area contributed by atoms with E-state index >= 15 is 0 Å². The molecule has 1 atom stereocenters. The second kappa shape index (κ2) is 7.08. The van der Waals surface area contributed by atoms with E-state index in [1.165, 1.54) is 31.0 Å². The van der Waals surface area contributed by atoms with E-state index in [1.54, 1.807) is 6.07 Å². The molecule has 8 heteroatoms. The third-order valence-corrected chi connectivity index (χ3v) is 3.65. The molecule has 1 unspecified atom stereocenters. The van der Waals surface area contributed by atoms with Gasteiger partial charge in [-0.05, 0) is 45.0 Å². The van der Waals surface area contributed by atoms with Gasteiger partial charge in [-0.2, -0.15) is 0 Å². The second-order valence-electron chi connectivity index (χ2n) is 5.76. The van der Waals surface area contributed by atoms with Gasteiger partial charge in [0.05, 0.1) is 12.2 Å². The molecule has 0 aromatic heterocycles. The standard InChI is InChI=1S/C15H21F3N4O/c1-22(2)12(10-7-8-10)9-20-14(19)21-11-5-3-4-6-13(11)23-15(16,17)18/h3-6,10,12H,7-9H2,1-2H3,(H3,19,20,21). The number of alkyl halides is 3. The van der Waals surface area contributed by atoms with Crippen molar-refractivity contribution in [2.24, 2.45) is 16.6 Å². The van der Waals surface area contributed by atoms with Crippen LogP contribution in [0.1, 0.15) is 12.8 Å². The van der Waals surface area contributed by atoms with Gasteiger partial charge in [0, 0.05) is 6.04 Å². The van der Waals surface area contributed by atoms with Crippen molar-refractivity contribution in [3.05, 3.63) is 24.3 Å². The van der Waals surface area contributed by atoms with Gasteiger partial charge in [-0.25, -0.2) is 0 Å². The van der Waals surface area contributed by atoms with Gasteiger partial charge >= 0.3 is 6.36 Å². The van der Waals surface area contributed by atoms with Crippen molar-refractivity contribution >= 4 is 11.6 Å². The number of nitrogens with one attached hydrogen (secondary N) is 1. The fourth-order valence-electron chi connectivity index (χ4n) is 2.37. The predicted molar refractivity (Wildman–Crippen MR) is 83.4 cm³/mol. The Hall–Kier alpha value is -1.96. The van der Waals surface area contributed by atoms with Crippen molar-refractivity contribution in [3.63, 3.8) is 0 Å². The molecule has 1 aromatic carbocycles. The predicted octanol–water partition coefficient (Wildman–Crippen LogP) is 2.65. The SMILES string of the molecule is CN(C)C(CN=C(N)Nc1ccccc1OC(F)(F)F)C1CC1. The molecule has 128 valence electrons. The van der Waals surface area contributed by atoms with Gasteiger partial charge < -0.3 is 20.7 Å². The highest BCUT2D eigenvalue weighted by molar-refractivity contribution is 5.93. The molecule has 2 rings (SSSR count). The smallest absolute Gasteiger partial charge is 0.404 e. The van der Waals surface area contributed by atoms with Crippen LogP contribution in [0.3, 0.4) is 0 Å². The maximum atomic E-state index is 12.4. The number of nitrogens with two attached hydrogens (primary N) is 1. The van der Waals surface area contributed by atoms with Crippen LogP contribution in [0.5, 0.6) is 5.75 Å². The minimum Gasteiger partial charge on any atom is -0.404 e. The lowest BCUT2D eigenvalue weighted by Gasteiger charge is -2.22. The fraction of sp³-hybridized carbons (Fsp3) is 0.533. The van der Waals surface area contributed by atoms with Crippen molar-refractivity contribution in [2.75, 3.05) is 26.0 Å². The van der Waals surface area contributed by atoms with Gasteiger partial charge in [0.2, 0.25) is 0 Å². The molecule has 0 radical (unpaired) electrons. The zero-order valence-electron chi connectivity index (χ0n) is 13.1. The van der Waals surface area contributed by atoms with Crippen LogP contribution in [-0.2, 0) is 0 Å². The Morgan fingerprint density at radius 2 is 2.04 bits per heavy atom. The van der Waals surface area contributed by atoms with Crippen LogP contribution in [0, 0.1) is 5.92 Å². The number of ether oxygens (including phenoxy) is 1. The van der Waals surface area contributed by atoms with Crippen molar-refractivity contribution in [1.82, 2.24) is 4.90 Å². The van der Waals surface area contributed by atoms with Gasteiger partial charge in [0.1, 0.15) is 0 Å². The summed E-state index contributed by atoms with van der Waals surface area (Å²) in [7, 11) is 3.96. The number of guanidine groups is 1. The highest BCUT2D eigenvalue weighted by Crippen LogP contribution is 2.34. The normalized spacial score (nSPS) is 17.2. The number of hydrogen-bond acceptors (Lipinski definition) is 3. The number of hydrogen-bond donors (Lipinski definition) is 2. The average Bonchev–Trinajstić information content (AvgIpc) is 3.24. The van der Waals surface area contributed by atoms with Crippen molar-refractivity contribution in [2.45, 2.75) is 25.2 Å². The quantitative estimate of drug-likeness (QED) is 0.622. The van der Waals surface area contributed by atoms with Crippen LogP contribution in [0.2, 0.25) is 0 Å². The summed E-state index contributed by atoms with van der Waals surface area (Å²) in [5.74, 6) is 0.336. The van der Waals surface area contributed by atoms with Crippen molar-refractivity contribution in [1.29, 1.82) is 0 Å². The highest BCUT2D eigenvalue weighted by atomic mass is 19.4. The molecule has 1 aliphatic rings. The van der Waals surface area contributed by atoms with Crippen LogP contribution < -0.4 is 15.8 Å². The Labute approximate surface area is 133 Å². The topological polar surface area (TPSA) is 62.9 Å². The molecule has 0 spiro atoms. The maximum absolute atomic E-state index is 12.4. The zero-order chi connectivity index (χ0) is 17.0. The molecule has 0 bridgehead atoms. The number of aliphatic imine (C=N–C) groups is 1. The number of benzene rings is 1. The van der Waals surface area contributed by atoms with Crippen molar-refractivity contribution in [3.8, 4) is 5.75 Å². The number of para-hydroxylation sites is 2. The Bertz CT molecular complexity index is 554. The lowest BCUT2D eigenvalue weighted by molar-refractivity contribution is -0.274. The minimum atomic E-state index is -4.76. The number of rotatable bonds is 6. The average molecular weight is 330 g/mol. The number of halogens is 3. The van der Waals surface area contributed by atoms with Crippen LogP contribution in [0.15, 0.2) is 29.3 Å². The molecule has 1 aliphatic carbocycles. The number of likely N-dealkylation sites (N-methyl/N-ethyl adjacent to an activating group) is 1. The first-order valence-electron chi connectivity index (χ1n) is 7.34. The van der Waals surface area contributed by atoms with Crippen molar-refractivity contribution < 1.29 is 17.9 Å². The third kappa shape index (κ3) is 5.63. The summed E-state index contributed by atoms with van der Waals surface area (Å²) in [6, 6.07) is 6.00. The lowest BCUT2D eigenvalue weighted by atomic mass is 10.2. The Kier molecular flexibility index (Phi) is 5.35. The summed E-state index contributed by atoms with van der Waals surface area (Å²) >= 11 is 0. The van der Waals surface area contributed by atoms with Gasteiger partial charge in [0.15, 0.2) is 11.7 Å². The molecular weight excluding hydrogens is 309 g/mol. The van der Waals surface area contributed by atoms with Crippen LogP contribution in [0.4, 0.5) is 18.9 Å². The van der Waals surface area contributed by atoms with Crippen LogP contribution in [0.25, 0.3) is 0 Å². The molecule has 5 nitrogen and oxygen atoms in total. The summed E-state index contributed by atoms with van der Waals surface area (Å²) < 4.78 is 41.1. The summed E-state index contributed by atoms with van der Waals surface area (Å²) in [5.41, 5.74) is 5.91. The van der Waals surface area contributed by atoms with Gasteiger partial charge in [-0.1, -0.05) is 12.1 Å². The van der Waals surface area contributed by atoms with Gasteiger partial charge in [0.25, 0.3) is 0 Å². The molecule has 0 saturated heterocycles. The first kappa shape index (κ1) is 17.4. The molecule has 23 heavy (non-hydrogen) atoms. The number of anilines is 1. The Morgan fingerprint density at radius 1 is 1.39 bits per heavy atom. The first-order chi connectivity index (χ1) is 10.8. The lowest BCUT2D eigenvalue weighted by Crippen LogP contribution is -2.34. The second-order valence-corrected chi connectivity index (χ2v) is 5.76. The first-order valence-corrected chi connectivity index (χ1v) is 7.34. The van der Waals surface area contributed by atoms with Gasteiger partial charge in [-0.3, -0.25) is 4.99 Å². The highest BCUT2D eigenvalue weighted by Gasteiger charge is 2.33. The summed E-state index contributed by atoms with van der Waals surface area (Å²) in [6.45, 7) is 0.499. The van der Waals surface area contributed by atoms with E-state index < -0.39 is 6.36 Å². The molecule has 0 heterocycles. The largest absolute Gasteiger partial charge is 0.573 e. The molecule has 1 aromatic rings. The monoisotopic (exact) mass is 330 g/mol. The zero-order valence-corrected chi connectivity index (χ0v) is 13.1. The Balaban J connectivity index is 2.02. The van der Waals surface area contributed by atoms with E-state index in [4.69, 9.17) is 5.73 Å². The van der Waals surface area contributed by atoms with E-state index in [-0.39, 0.29) is 23.4 Å². The van der Waals surface area contributed by atoms with Crippen LogP contribution in [-0.4, -0.2) is 43.9 Å². The maximum Gasteiger partial charge on any atom is 0.573 e. The molecule has 0 aliphatic heterocycles. The minimum absolute atomic E-state index is 0.0655. The van der Waals surface area contributed by atoms with E-state index in [0.717, 1.165) is 0 Å². The summed E-state index contributed by atoms with van der Waals surface area (Å²) in [6.07, 6.45) is -2.41. The molecular formula is C15H21F3N4O. The van der Waals surface area contributed by atoms with E-state index in [0.29, 0.717) is 12.5 Å². The Morgan fingerprint density at radius 3 is 2.61 bits per heavy atom. The third-order valence-electron chi connectivity index (χ3n) is 3.65. The summed E-state index contributed by atoms with van der Waals surface area (Å²) in [4.78, 5) is 6.34. The molecule has 3 N–H and O–H groups in total. The summed E-state index contributed by atoms with van der Waals surface area (Å²) in [5, 5.41) is 2.67. The fourth-order valence-corrected chi connectivity index (χ4v) is 2.37. The molecule has 1 fully saturated rings. The van der Waals surface area contributed by atoms with Gasteiger partial charge in [-0.15, -0.1) is 13.2 Å². The van der Waals surface area contributed by atoms with E-state index in [1.807, 2.05) is 14.1 Å². The molecule has 1 saturated carbocycles. The van der Waals surface area contributed by atoms with Crippen LogP contribution >= 0.6 is 0 Å². The molecule has 0 amide bonds.